The zero-order valence-corrected chi connectivity index (χ0v) is 10.1. The molecular weight excluding hydrogens is 235 g/mol. The van der Waals surface area contributed by atoms with Crippen molar-refractivity contribution in [2.24, 2.45) is 5.92 Å². The first-order valence-electron chi connectivity index (χ1n) is 4.90. The van der Waals surface area contributed by atoms with Crippen LogP contribution in [0.4, 0.5) is 5.95 Å². The fourth-order valence-electron chi connectivity index (χ4n) is 2.02. The molecule has 1 saturated heterocycles. The van der Waals surface area contributed by atoms with Crippen LogP contribution in [-0.2, 0) is 0 Å². The maximum absolute atomic E-state index is 5.74. The van der Waals surface area contributed by atoms with Gasteiger partial charge in [0.25, 0.3) is 0 Å². The van der Waals surface area contributed by atoms with E-state index in [2.05, 4.69) is 33.7 Å². The Morgan fingerprint density at radius 3 is 2.20 bits per heavy atom. The highest BCUT2D eigenvalue weighted by atomic mass is 35.5. The molecule has 2 heterocycles. The molecule has 0 amide bonds. The minimum atomic E-state index is 0.150. The van der Waals surface area contributed by atoms with Gasteiger partial charge in [-0.25, -0.2) is 0 Å². The topological polar surface area (TPSA) is 41.9 Å². The third-order valence-corrected chi connectivity index (χ3v) is 2.95. The highest BCUT2D eigenvalue weighted by Gasteiger charge is 2.28. The Bertz CT molecular complexity index is 351. The van der Waals surface area contributed by atoms with Gasteiger partial charge in [0.2, 0.25) is 16.5 Å². The SMILES string of the molecule is CC1CC(C)N(c2nc(Cl)nc(Cl)n2)C1. The van der Waals surface area contributed by atoms with Gasteiger partial charge in [-0.1, -0.05) is 6.92 Å². The number of nitrogens with zero attached hydrogens (tertiary/aromatic N) is 4. The van der Waals surface area contributed by atoms with Crippen molar-refractivity contribution in [2.75, 3.05) is 11.4 Å². The van der Waals surface area contributed by atoms with Crippen molar-refractivity contribution < 1.29 is 0 Å². The number of halogens is 2. The predicted octanol–water partition coefficient (Wildman–Crippen LogP) is 2.41. The lowest BCUT2D eigenvalue weighted by atomic mass is 10.1. The first kappa shape index (κ1) is 10.9. The van der Waals surface area contributed by atoms with Crippen molar-refractivity contribution in [3.63, 3.8) is 0 Å². The molecule has 0 saturated carbocycles. The van der Waals surface area contributed by atoms with Gasteiger partial charge in [0.05, 0.1) is 0 Å². The van der Waals surface area contributed by atoms with Crippen molar-refractivity contribution in [3.05, 3.63) is 10.6 Å². The second-order valence-electron chi connectivity index (χ2n) is 4.02. The molecule has 2 atom stereocenters. The number of anilines is 1. The molecule has 0 aromatic carbocycles. The van der Waals surface area contributed by atoms with Gasteiger partial charge in [-0.2, -0.15) is 15.0 Å². The van der Waals surface area contributed by atoms with E-state index in [4.69, 9.17) is 23.2 Å². The Kier molecular flexibility index (Phi) is 2.98. The van der Waals surface area contributed by atoms with Gasteiger partial charge in [-0.05, 0) is 42.5 Å². The summed E-state index contributed by atoms with van der Waals surface area (Å²) in [4.78, 5) is 14.0. The van der Waals surface area contributed by atoms with E-state index >= 15 is 0 Å². The first-order valence-corrected chi connectivity index (χ1v) is 5.65. The molecule has 15 heavy (non-hydrogen) atoms. The normalized spacial score (nSPS) is 26.0. The van der Waals surface area contributed by atoms with Gasteiger partial charge in [0, 0.05) is 12.6 Å². The van der Waals surface area contributed by atoms with Gasteiger partial charge in [-0.3, -0.25) is 0 Å². The highest BCUT2D eigenvalue weighted by Crippen LogP contribution is 2.27. The molecule has 0 bridgehead atoms. The van der Waals surface area contributed by atoms with Crippen LogP contribution < -0.4 is 4.90 Å². The van der Waals surface area contributed by atoms with Crippen LogP contribution in [0.1, 0.15) is 20.3 Å². The molecule has 2 rings (SSSR count). The molecule has 1 fully saturated rings. The summed E-state index contributed by atoms with van der Waals surface area (Å²) >= 11 is 11.5. The molecule has 0 aliphatic carbocycles. The summed E-state index contributed by atoms with van der Waals surface area (Å²) in [6.07, 6.45) is 1.14. The van der Waals surface area contributed by atoms with E-state index in [1.54, 1.807) is 0 Å². The minimum absolute atomic E-state index is 0.150. The molecular formula is C9H12Cl2N4. The van der Waals surface area contributed by atoms with Crippen molar-refractivity contribution in [1.29, 1.82) is 0 Å². The van der Waals surface area contributed by atoms with Crippen molar-refractivity contribution in [2.45, 2.75) is 26.3 Å². The Hall–Kier alpha value is -0.610. The van der Waals surface area contributed by atoms with Crippen LogP contribution in [0.2, 0.25) is 10.6 Å². The van der Waals surface area contributed by atoms with Gasteiger partial charge in [0.1, 0.15) is 0 Å². The van der Waals surface area contributed by atoms with E-state index < -0.39 is 0 Å². The van der Waals surface area contributed by atoms with Crippen LogP contribution in [0.5, 0.6) is 0 Å². The Labute approximate surface area is 98.6 Å². The predicted molar refractivity (Wildman–Crippen MR) is 60.4 cm³/mol. The molecule has 1 aromatic heterocycles. The summed E-state index contributed by atoms with van der Waals surface area (Å²) in [7, 11) is 0. The summed E-state index contributed by atoms with van der Waals surface area (Å²) in [5.74, 6) is 1.23. The lowest BCUT2D eigenvalue weighted by Crippen LogP contribution is -2.28. The zero-order valence-electron chi connectivity index (χ0n) is 8.61. The second-order valence-corrected chi connectivity index (χ2v) is 4.69. The Balaban J connectivity index is 2.29. The lowest BCUT2D eigenvalue weighted by Gasteiger charge is -2.20. The van der Waals surface area contributed by atoms with E-state index in [-0.39, 0.29) is 10.6 Å². The average Bonchev–Trinajstić information content (AvgIpc) is 2.43. The largest absolute Gasteiger partial charge is 0.338 e. The summed E-state index contributed by atoms with van der Waals surface area (Å²) in [6, 6.07) is 0.425. The smallest absolute Gasteiger partial charge is 0.231 e. The second kappa shape index (κ2) is 4.10. The van der Waals surface area contributed by atoms with E-state index in [0.29, 0.717) is 17.9 Å². The van der Waals surface area contributed by atoms with Gasteiger partial charge >= 0.3 is 0 Å². The van der Waals surface area contributed by atoms with E-state index in [0.717, 1.165) is 13.0 Å². The maximum atomic E-state index is 5.74. The summed E-state index contributed by atoms with van der Waals surface area (Å²) < 4.78 is 0. The highest BCUT2D eigenvalue weighted by molar-refractivity contribution is 6.31. The van der Waals surface area contributed by atoms with Crippen LogP contribution in [-0.4, -0.2) is 27.5 Å². The summed E-state index contributed by atoms with van der Waals surface area (Å²) in [5.41, 5.74) is 0. The molecule has 82 valence electrons. The van der Waals surface area contributed by atoms with Crippen molar-refractivity contribution in [3.8, 4) is 0 Å². The van der Waals surface area contributed by atoms with Crippen LogP contribution in [0.3, 0.4) is 0 Å². The summed E-state index contributed by atoms with van der Waals surface area (Å²) in [6.45, 7) is 5.30. The van der Waals surface area contributed by atoms with Crippen molar-refractivity contribution >= 4 is 29.2 Å². The van der Waals surface area contributed by atoms with Crippen LogP contribution >= 0.6 is 23.2 Å². The maximum Gasteiger partial charge on any atom is 0.231 e. The number of hydrogen-bond acceptors (Lipinski definition) is 4. The van der Waals surface area contributed by atoms with Gasteiger partial charge in [0.15, 0.2) is 0 Å². The van der Waals surface area contributed by atoms with Crippen LogP contribution in [0.15, 0.2) is 0 Å². The van der Waals surface area contributed by atoms with Gasteiger partial charge < -0.3 is 4.90 Å². The average molecular weight is 247 g/mol. The molecule has 1 aromatic rings. The zero-order chi connectivity index (χ0) is 11.0. The molecule has 1 aliphatic rings. The molecule has 1 aliphatic heterocycles. The van der Waals surface area contributed by atoms with Crippen LogP contribution in [0.25, 0.3) is 0 Å². The third kappa shape index (κ3) is 2.32. The van der Waals surface area contributed by atoms with Gasteiger partial charge in [-0.15, -0.1) is 0 Å². The number of aromatic nitrogens is 3. The molecule has 0 spiro atoms. The van der Waals surface area contributed by atoms with E-state index in [1.165, 1.54) is 0 Å². The number of hydrogen-bond donors (Lipinski definition) is 0. The summed E-state index contributed by atoms with van der Waals surface area (Å²) in [5, 5.41) is 0.300. The number of rotatable bonds is 1. The molecule has 4 nitrogen and oxygen atoms in total. The quantitative estimate of drug-likeness (QED) is 0.764. The lowest BCUT2D eigenvalue weighted by molar-refractivity contribution is 0.624. The molecule has 2 unspecified atom stereocenters. The van der Waals surface area contributed by atoms with Crippen molar-refractivity contribution in [1.82, 2.24) is 15.0 Å². The van der Waals surface area contributed by atoms with E-state index in [9.17, 15) is 0 Å². The molecule has 0 radical (unpaired) electrons. The molecule has 6 heteroatoms. The molecule has 0 N–H and O–H groups in total. The Morgan fingerprint density at radius 2 is 1.73 bits per heavy atom. The van der Waals surface area contributed by atoms with E-state index in [1.807, 2.05) is 0 Å². The Morgan fingerprint density at radius 1 is 1.13 bits per heavy atom. The van der Waals surface area contributed by atoms with Crippen LogP contribution in [0, 0.1) is 5.92 Å². The first-order chi connectivity index (χ1) is 7.06. The fraction of sp³-hybridized carbons (Fsp3) is 0.667. The third-order valence-electron chi connectivity index (χ3n) is 2.61. The fourth-order valence-corrected chi connectivity index (χ4v) is 2.38. The minimum Gasteiger partial charge on any atom is -0.338 e. The monoisotopic (exact) mass is 246 g/mol. The standard InChI is InChI=1S/C9H12Cl2N4/c1-5-3-6(2)15(4-5)9-13-7(10)12-8(11)14-9/h5-6H,3-4H2,1-2H3.